The van der Waals surface area contributed by atoms with Crippen molar-refractivity contribution in [1.82, 2.24) is 5.32 Å². The molecule has 0 atom stereocenters. The number of amidine groups is 1. The van der Waals surface area contributed by atoms with Crippen LogP contribution in [0.3, 0.4) is 0 Å². The normalized spacial score (nSPS) is 11.6. The molecule has 0 aliphatic rings. The second kappa shape index (κ2) is 7.84. The van der Waals surface area contributed by atoms with Crippen LogP contribution in [0.5, 0.6) is 0 Å². The van der Waals surface area contributed by atoms with Crippen molar-refractivity contribution in [1.29, 1.82) is 0 Å². The van der Waals surface area contributed by atoms with Crippen molar-refractivity contribution in [2.45, 2.75) is 12.3 Å². The summed E-state index contributed by atoms with van der Waals surface area (Å²) in [7, 11) is 1.96. The summed E-state index contributed by atoms with van der Waals surface area (Å²) in [6, 6.07) is 25.6. The summed E-state index contributed by atoms with van der Waals surface area (Å²) in [5.74, 6) is 0.960. The largest absolute Gasteiger partial charge is 0.304 e. The molecule has 23 heavy (non-hydrogen) atoms. The van der Waals surface area contributed by atoms with Gasteiger partial charge in [-0.25, -0.2) is 0 Å². The molecule has 3 aromatic rings. The van der Waals surface area contributed by atoms with Crippen molar-refractivity contribution in [2.24, 2.45) is 0 Å². The molecule has 0 heterocycles. The molecule has 2 nitrogen and oxygen atoms in total. The van der Waals surface area contributed by atoms with Crippen LogP contribution in [0.1, 0.15) is 11.1 Å². The fourth-order valence-corrected chi connectivity index (χ4v) is 3.29. The van der Waals surface area contributed by atoms with Crippen LogP contribution in [0.15, 0.2) is 72.8 Å². The average molecular weight is 321 g/mol. The number of rotatable bonds is 4. The lowest BCUT2D eigenvalue weighted by atomic mass is 10.1. The Bertz CT molecular complexity index is 797. The smallest absolute Gasteiger partial charge is 0.272 e. The van der Waals surface area contributed by atoms with Crippen LogP contribution in [-0.4, -0.2) is 12.2 Å². The van der Waals surface area contributed by atoms with Crippen LogP contribution in [0, 0.1) is 0 Å². The minimum atomic E-state index is 0.822. The van der Waals surface area contributed by atoms with Crippen molar-refractivity contribution in [3.05, 3.63) is 83.9 Å². The molecular weight excluding hydrogens is 300 g/mol. The van der Waals surface area contributed by atoms with E-state index in [0.717, 1.165) is 17.5 Å². The minimum absolute atomic E-state index is 0.822. The zero-order valence-corrected chi connectivity index (χ0v) is 14.1. The van der Waals surface area contributed by atoms with Gasteiger partial charge in [0.05, 0.1) is 7.05 Å². The molecule has 0 saturated heterocycles. The minimum Gasteiger partial charge on any atom is -0.272 e. The van der Waals surface area contributed by atoms with E-state index < -0.39 is 0 Å². The van der Waals surface area contributed by atoms with E-state index >= 15 is 0 Å². The van der Waals surface area contributed by atoms with E-state index in [0.29, 0.717) is 0 Å². The summed E-state index contributed by atoms with van der Waals surface area (Å²) < 4.78 is 0. The highest BCUT2D eigenvalue weighted by Crippen LogP contribution is 2.16. The highest BCUT2D eigenvalue weighted by Gasteiger charge is 2.07. The molecule has 3 heteroatoms. The Morgan fingerprint density at radius 2 is 1.61 bits per heavy atom. The third-order valence-electron chi connectivity index (χ3n) is 3.72. The lowest BCUT2D eigenvalue weighted by molar-refractivity contribution is -0.418. The Kier molecular flexibility index (Phi) is 5.33. The zero-order valence-electron chi connectivity index (χ0n) is 13.3. The maximum Gasteiger partial charge on any atom is 0.304 e. The van der Waals surface area contributed by atoms with Gasteiger partial charge in [-0.15, -0.1) is 0 Å². The molecular formula is C20H21N2S+. The predicted octanol–water partition coefficient (Wildman–Crippen LogP) is 2.93. The molecule has 0 unspecified atom stereocenters. The maximum absolute atomic E-state index is 3.49. The number of thioether (sulfide) groups is 1. The molecule has 0 fully saturated rings. The first-order valence-electron chi connectivity index (χ1n) is 7.78. The predicted molar refractivity (Wildman–Crippen MR) is 100 cm³/mol. The van der Waals surface area contributed by atoms with Crippen LogP contribution in [0.4, 0.5) is 0 Å². The molecule has 0 amide bonds. The molecule has 3 rings (SSSR count). The highest BCUT2D eigenvalue weighted by molar-refractivity contribution is 8.12. The second-order valence-corrected chi connectivity index (χ2v) is 6.37. The summed E-state index contributed by atoms with van der Waals surface area (Å²) in [6.07, 6.45) is 0. The first-order valence-corrected chi connectivity index (χ1v) is 8.77. The first-order chi connectivity index (χ1) is 11.3. The quantitative estimate of drug-likeness (QED) is 0.571. The summed E-state index contributed by atoms with van der Waals surface area (Å²) in [5.41, 5.74) is 2.62. The van der Waals surface area contributed by atoms with E-state index in [9.17, 15) is 0 Å². The molecule has 3 aromatic carbocycles. The van der Waals surface area contributed by atoms with Crippen LogP contribution < -0.4 is 10.3 Å². The second-order valence-electron chi connectivity index (χ2n) is 5.39. The lowest BCUT2D eigenvalue weighted by Crippen LogP contribution is -2.70. The third kappa shape index (κ3) is 4.36. The molecule has 0 aliphatic heterocycles. The Hall–Kier alpha value is -2.26. The molecule has 0 saturated carbocycles. The van der Waals surface area contributed by atoms with E-state index in [1.165, 1.54) is 21.9 Å². The van der Waals surface area contributed by atoms with Gasteiger partial charge in [-0.1, -0.05) is 66.7 Å². The van der Waals surface area contributed by atoms with E-state index in [-0.39, 0.29) is 0 Å². The summed E-state index contributed by atoms with van der Waals surface area (Å²) in [4.78, 5) is 3.25. The van der Waals surface area contributed by atoms with Gasteiger partial charge in [-0.3, -0.25) is 10.3 Å². The van der Waals surface area contributed by atoms with Crippen LogP contribution in [0.25, 0.3) is 10.8 Å². The van der Waals surface area contributed by atoms with Crippen LogP contribution in [-0.2, 0) is 12.3 Å². The van der Waals surface area contributed by atoms with Crippen molar-refractivity contribution in [3.8, 4) is 0 Å². The Labute approximate surface area is 141 Å². The molecule has 2 N–H and O–H groups in total. The third-order valence-corrected chi connectivity index (χ3v) is 4.83. The Balaban J connectivity index is 1.58. The molecule has 0 radical (unpaired) electrons. The SMILES string of the molecule is C[NH+]=C(NCc1ccc2ccccc2c1)SCc1ccccc1. The maximum atomic E-state index is 3.49. The number of nitrogens with one attached hydrogen (secondary N) is 2. The van der Waals surface area contributed by atoms with Gasteiger partial charge in [0, 0.05) is 5.75 Å². The lowest BCUT2D eigenvalue weighted by Gasteiger charge is -2.05. The van der Waals surface area contributed by atoms with E-state index in [4.69, 9.17) is 0 Å². The summed E-state index contributed by atoms with van der Waals surface area (Å²) >= 11 is 1.79. The van der Waals surface area contributed by atoms with Crippen molar-refractivity contribution >= 4 is 27.7 Å². The van der Waals surface area contributed by atoms with E-state index in [1.54, 1.807) is 11.8 Å². The highest BCUT2D eigenvalue weighted by atomic mass is 32.2. The van der Waals surface area contributed by atoms with Gasteiger partial charge in [0.1, 0.15) is 6.54 Å². The topological polar surface area (TPSA) is 26.0 Å². The van der Waals surface area contributed by atoms with Crippen molar-refractivity contribution < 1.29 is 4.99 Å². The van der Waals surface area contributed by atoms with Crippen molar-refractivity contribution in [2.75, 3.05) is 7.05 Å². The van der Waals surface area contributed by atoms with Gasteiger partial charge in [0.15, 0.2) is 0 Å². The molecule has 116 valence electrons. The van der Waals surface area contributed by atoms with E-state index in [2.05, 4.69) is 83.1 Å². The Morgan fingerprint density at radius 3 is 2.39 bits per heavy atom. The van der Waals surface area contributed by atoms with E-state index in [1.807, 2.05) is 7.05 Å². The standard InChI is InChI=1S/C20H20N2S/c1-21-20(23-15-16-7-3-2-4-8-16)22-14-17-11-12-18-9-5-6-10-19(18)13-17/h2-13H,14-15H2,1H3,(H,21,22)/p+1. The molecule has 0 aliphatic carbocycles. The Morgan fingerprint density at radius 1 is 0.870 bits per heavy atom. The molecule has 0 bridgehead atoms. The van der Waals surface area contributed by atoms with Gasteiger partial charge in [0.2, 0.25) is 0 Å². The summed E-state index contributed by atoms with van der Waals surface area (Å²) in [6.45, 7) is 0.822. The van der Waals surface area contributed by atoms with Gasteiger partial charge in [0.25, 0.3) is 0 Å². The fraction of sp³-hybridized carbons (Fsp3) is 0.150. The number of hydrogen-bond donors (Lipinski definition) is 2. The van der Waals surface area contributed by atoms with Gasteiger partial charge in [-0.2, -0.15) is 0 Å². The number of hydrogen-bond acceptors (Lipinski definition) is 1. The first kappa shape index (κ1) is 15.6. The van der Waals surface area contributed by atoms with Crippen LogP contribution >= 0.6 is 11.8 Å². The zero-order chi connectivity index (χ0) is 15.9. The molecule has 0 spiro atoms. The fourth-order valence-electron chi connectivity index (χ4n) is 2.47. The average Bonchev–Trinajstić information content (AvgIpc) is 2.62. The summed E-state index contributed by atoms with van der Waals surface area (Å²) in [5, 5.41) is 7.16. The van der Waals surface area contributed by atoms with Crippen LogP contribution in [0.2, 0.25) is 0 Å². The van der Waals surface area contributed by atoms with Gasteiger partial charge >= 0.3 is 5.17 Å². The van der Waals surface area contributed by atoms with Gasteiger partial charge in [-0.05, 0) is 39.7 Å². The molecule has 0 aromatic heterocycles. The monoisotopic (exact) mass is 321 g/mol. The van der Waals surface area contributed by atoms with Crippen molar-refractivity contribution in [3.63, 3.8) is 0 Å². The van der Waals surface area contributed by atoms with Gasteiger partial charge < -0.3 is 0 Å². The number of fused-ring (bicyclic) bond motifs is 1. The number of benzene rings is 3.